The van der Waals surface area contributed by atoms with E-state index in [1.165, 1.54) is 7.11 Å². The zero-order valence-corrected chi connectivity index (χ0v) is 21.2. The summed E-state index contributed by atoms with van der Waals surface area (Å²) in [6, 6.07) is 9.55. The number of hydrogen-bond donors (Lipinski definition) is 1. The smallest absolute Gasteiger partial charge is 0.227 e. The van der Waals surface area contributed by atoms with Crippen LogP contribution < -0.4 is 15.0 Å². The number of carbonyl (C=O) groups is 1. The zero-order valence-electron chi connectivity index (χ0n) is 21.2. The van der Waals surface area contributed by atoms with Crippen LogP contribution in [0.2, 0.25) is 0 Å². The maximum absolute atomic E-state index is 12.2. The highest BCUT2D eigenvalue weighted by Gasteiger charge is 2.17. The summed E-state index contributed by atoms with van der Waals surface area (Å²) in [6.07, 6.45) is 6.96. The molecule has 4 rings (SSSR count). The molecule has 2 aromatic heterocycles. The van der Waals surface area contributed by atoms with Crippen molar-refractivity contribution in [3.63, 3.8) is 0 Å². The fourth-order valence-electron chi connectivity index (χ4n) is 4.23. The van der Waals surface area contributed by atoms with Gasteiger partial charge in [0.1, 0.15) is 18.2 Å². The molecule has 36 heavy (non-hydrogen) atoms. The number of piperazine rings is 1. The van der Waals surface area contributed by atoms with Crippen molar-refractivity contribution in [2.75, 3.05) is 63.8 Å². The molecule has 0 unspecified atom stereocenters. The molecule has 9 nitrogen and oxygen atoms in total. The van der Waals surface area contributed by atoms with Gasteiger partial charge < -0.3 is 24.6 Å². The van der Waals surface area contributed by atoms with E-state index in [9.17, 15) is 4.79 Å². The number of rotatable bonds is 11. The fraction of sp³-hybridized carbons (Fsp3) is 0.407. The topological polar surface area (TPSA) is 92.7 Å². The van der Waals surface area contributed by atoms with Gasteiger partial charge in [0.2, 0.25) is 5.95 Å². The van der Waals surface area contributed by atoms with Crippen LogP contribution in [0.3, 0.4) is 0 Å². The summed E-state index contributed by atoms with van der Waals surface area (Å²) in [5.74, 6) is 2.10. The number of aryl methyl sites for hydroxylation is 2. The van der Waals surface area contributed by atoms with E-state index in [2.05, 4.69) is 37.0 Å². The molecule has 190 valence electrons. The molecular weight excluding hydrogens is 456 g/mol. The van der Waals surface area contributed by atoms with Gasteiger partial charge in [0.05, 0.1) is 7.11 Å². The highest BCUT2D eigenvalue weighted by atomic mass is 16.5. The van der Waals surface area contributed by atoms with Gasteiger partial charge in [-0.3, -0.25) is 4.79 Å². The van der Waals surface area contributed by atoms with E-state index in [1.54, 1.807) is 13.2 Å². The lowest BCUT2D eigenvalue weighted by Gasteiger charge is -2.34. The summed E-state index contributed by atoms with van der Waals surface area (Å²) in [7, 11) is 3.11. The first-order chi connectivity index (χ1) is 17.6. The van der Waals surface area contributed by atoms with Gasteiger partial charge in [0.15, 0.2) is 5.78 Å². The van der Waals surface area contributed by atoms with Crippen LogP contribution in [0.4, 0.5) is 17.5 Å². The van der Waals surface area contributed by atoms with Crippen molar-refractivity contribution < 1.29 is 14.3 Å². The van der Waals surface area contributed by atoms with E-state index >= 15 is 0 Å². The van der Waals surface area contributed by atoms with Gasteiger partial charge in [-0.1, -0.05) is 6.92 Å². The number of methoxy groups -OCH3 is 2. The Kier molecular flexibility index (Phi) is 8.80. The summed E-state index contributed by atoms with van der Waals surface area (Å²) >= 11 is 0. The molecule has 1 aromatic carbocycles. The molecule has 0 spiro atoms. The maximum Gasteiger partial charge on any atom is 0.227 e. The predicted molar refractivity (Wildman–Crippen MR) is 140 cm³/mol. The SMILES string of the molecule is CCN1CCN(c2cc(Nc3ncc(CCc4cc(OC)cc(C(=O)COC)c4)cn3)ccn2)CC1. The molecule has 1 N–H and O–H groups in total. The van der Waals surface area contributed by atoms with Crippen molar-refractivity contribution in [2.45, 2.75) is 19.8 Å². The Bertz CT molecular complexity index is 1150. The largest absolute Gasteiger partial charge is 0.497 e. The minimum atomic E-state index is -0.0705. The normalized spacial score (nSPS) is 14.0. The molecule has 0 aliphatic carbocycles. The quantitative estimate of drug-likeness (QED) is 0.406. The number of benzene rings is 1. The van der Waals surface area contributed by atoms with Crippen LogP contribution in [0, 0.1) is 0 Å². The lowest BCUT2D eigenvalue weighted by Crippen LogP contribution is -2.46. The molecule has 1 fully saturated rings. The van der Waals surface area contributed by atoms with Gasteiger partial charge in [0, 0.05) is 69.2 Å². The van der Waals surface area contributed by atoms with Crippen LogP contribution >= 0.6 is 0 Å². The third-order valence-corrected chi connectivity index (χ3v) is 6.35. The minimum Gasteiger partial charge on any atom is -0.497 e. The Morgan fingerprint density at radius 2 is 1.72 bits per heavy atom. The number of carbonyl (C=O) groups excluding carboxylic acids is 1. The second-order valence-electron chi connectivity index (χ2n) is 8.79. The average molecular weight is 491 g/mol. The van der Waals surface area contributed by atoms with Crippen molar-refractivity contribution in [2.24, 2.45) is 0 Å². The number of anilines is 3. The van der Waals surface area contributed by atoms with Gasteiger partial charge in [0.25, 0.3) is 0 Å². The first-order valence-corrected chi connectivity index (χ1v) is 12.3. The Morgan fingerprint density at radius 1 is 0.972 bits per heavy atom. The second-order valence-corrected chi connectivity index (χ2v) is 8.79. The number of ether oxygens (including phenoxy) is 2. The van der Waals surface area contributed by atoms with Gasteiger partial charge in [-0.25, -0.2) is 15.0 Å². The van der Waals surface area contributed by atoms with Crippen LogP contribution in [0.1, 0.15) is 28.4 Å². The van der Waals surface area contributed by atoms with Crippen LogP contribution in [-0.4, -0.2) is 79.2 Å². The predicted octanol–water partition coefficient (Wildman–Crippen LogP) is 3.38. The summed E-state index contributed by atoms with van der Waals surface area (Å²) in [4.78, 5) is 30.5. The highest BCUT2D eigenvalue weighted by Crippen LogP contribution is 2.21. The maximum atomic E-state index is 12.2. The number of Topliss-reactive ketones (excluding diaryl/α,β-unsaturated/α-hetero) is 1. The molecule has 0 amide bonds. The first kappa shape index (κ1) is 25.5. The van der Waals surface area contributed by atoms with Gasteiger partial charge in [-0.2, -0.15) is 0 Å². The number of aromatic nitrogens is 3. The van der Waals surface area contributed by atoms with E-state index < -0.39 is 0 Å². The number of nitrogens with one attached hydrogen (secondary N) is 1. The van der Waals surface area contributed by atoms with Crippen LogP contribution in [-0.2, 0) is 17.6 Å². The van der Waals surface area contributed by atoms with Crippen LogP contribution in [0.25, 0.3) is 0 Å². The van der Waals surface area contributed by atoms with E-state index in [4.69, 9.17) is 9.47 Å². The molecule has 1 saturated heterocycles. The van der Waals surface area contributed by atoms with Crippen molar-refractivity contribution in [3.05, 3.63) is 65.6 Å². The Balaban J connectivity index is 1.35. The first-order valence-electron chi connectivity index (χ1n) is 12.3. The lowest BCUT2D eigenvalue weighted by molar-refractivity contribution is 0.0847. The number of hydrogen-bond acceptors (Lipinski definition) is 9. The molecule has 0 atom stereocenters. The number of nitrogens with zero attached hydrogens (tertiary/aromatic N) is 5. The summed E-state index contributed by atoms with van der Waals surface area (Å²) in [6.45, 7) is 7.40. The number of pyridine rings is 1. The minimum absolute atomic E-state index is 0.0450. The summed E-state index contributed by atoms with van der Waals surface area (Å²) in [5.41, 5.74) is 3.53. The Labute approximate surface area is 212 Å². The third-order valence-electron chi connectivity index (χ3n) is 6.35. The average Bonchev–Trinajstić information content (AvgIpc) is 2.93. The van der Waals surface area contributed by atoms with Gasteiger partial charge >= 0.3 is 0 Å². The molecule has 3 heterocycles. The standard InChI is InChI=1S/C27H34N6O3/c1-4-32-9-11-33(12-10-32)26-16-23(7-8-28-26)31-27-29-17-21(18-30-27)6-5-20-13-22(25(34)19-35-2)15-24(14-20)36-3/h7-8,13-18H,4-6,9-12,19H2,1-3H3,(H,28,29,30,31). The van der Waals surface area contributed by atoms with Crippen LogP contribution in [0.15, 0.2) is 48.9 Å². The number of likely N-dealkylation sites (N-methyl/N-ethyl adjacent to an activating group) is 1. The number of ketones is 1. The molecule has 1 aliphatic heterocycles. The molecular formula is C27H34N6O3. The van der Waals surface area contributed by atoms with Crippen molar-refractivity contribution in [1.29, 1.82) is 0 Å². The highest BCUT2D eigenvalue weighted by molar-refractivity contribution is 5.97. The van der Waals surface area contributed by atoms with Crippen molar-refractivity contribution >= 4 is 23.2 Å². The summed E-state index contributed by atoms with van der Waals surface area (Å²) < 4.78 is 10.3. The fourth-order valence-corrected chi connectivity index (χ4v) is 4.23. The lowest BCUT2D eigenvalue weighted by atomic mass is 10.0. The molecule has 3 aromatic rings. The van der Waals surface area contributed by atoms with E-state index in [-0.39, 0.29) is 12.4 Å². The molecule has 0 radical (unpaired) electrons. The van der Waals surface area contributed by atoms with E-state index in [1.807, 2.05) is 42.9 Å². The Morgan fingerprint density at radius 3 is 2.42 bits per heavy atom. The molecule has 1 aliphatic rings. The van der Waals surface area contributed by atoms with Crippen LogP contribution in [0.5, 0.6) is 5.75 Å². The van der Waals surface area contributed by atoms with Crippen molar-refractivity contribution in [1.82, 2.24) is 19.9 Å². The van der Waals surface area contributed by atoms with E-state index in [0.717, 1.165) is 68.2 Å². The van der Waals surface area contributed by atoms with Gasteiger partial charge in [-0.15, -0.1) is 0 Å². The molecule has 0 saturated carbocycles. The molecule has 9 heteroatoms. The van der Waals surface area contributed by atoms with Gasteiger partial charge in [-0.05, 0) is 54.8 Å². The third kappa shape index (κ3) is 6.77. The zero-order chi connectivity index (χ0) is 25.3. The molecule has 0 bridgehead atoms. The Hall–Kier alpha value is -3.56. The second kappa shape index (κ2) is 12.4. The van der Waals surface area contributed by atoms with Crippen molar-refractivity contribution in [3.8, 4) is 5.75 Å². The monoisotopic (exact) mass is 490 g/mol. The summed E-state index contributed by atoms with van der Waals surface area (Å²) in [5, 5.41) is 3.29. The van der Waals surface area contributed by atoms with E-state index in [0.29, 0.717) is 17.3 Å².